The minimum Gasteiger partial charge on any atom is -0.456 e. The number of aromatic nitrogens is 4. The number of aromatic amines is 2. The highest BCUT2D eigenvalue weighted by Crippen LogP contribution is 2.24. The fourth-order valence-electron chi connectivity index (χ4n) is 3.24. The zero-order valence-corrected chi connectivity index (χ0v) is 15.9. The van der Waals surface area contributed by atoms with Crippen molar-refractivity contribution in [1.29, 1.82) is 0 Å². The minimum atomic E-state index is -0.778. The van der Waals surface area contributed by atoms with Gasteiger partial charge < -0.3 is 35.6 Å². The first kappa shape index (κ1) is 19.9. The molecule has 1 aromatic carbocycles. The number of carbonyl (C=O) groups is 4. The number of amides is 3. The van der Waals surface area contributed by atoms with Crippen LogP contribution in [0.15, 0.2) is 29.3 Å². The van der Waals surface area contributed by atoms with Crippen molar-refractivity contribution in [2.75, 3.05) is 17.2 Å². The molecule has 0 fully saturated rings. The number of fused-ring (bicyclic) bond motifs is 2. The van der Waals surface area contributed by atoms with Crippen LogP contribution in [0.5, 0.6) is 0 Å². The molecule has 1 atom stereocenters. The number of hydrogen-bond acceptors (Lipinski definition) is 7. The third-order valence-corrected chi connectivity index (χ3v) is 4.68. The van der Waals surface area contributed by atoms with Crippen LogP contribution >= 0.6 is 0 Å². The van der Waals surface area contributed by atoms with E-state index in [4.69, 9.17) is 10.5 Å². The molecule has 0 saturated carbocycles. The molecular formula is C18H17N7O6. The molecule has 0 radical (unpaired) electrons. The van der Waals surface area contributed by atoms with Gasteiger partial charge in [-0.15, -0.1) is 0 Å². The normalized spacial score (nSPS) is 15.2. The van der Waals surface area contributed by atoms with E-state index < -0.39 is 36.2 Å². The molecule has 2 aromatic heterocycles. The van der Waals surface area contributed by atoms with Crippen LogP contribution < -0.4 is 22.1 Å². The first-order valence-corrected chi connectivity index (χ1v) is 9.13. The van der Waals surface area contributed by atoms with E-state index in [0.717, 1.165) is 0 Å². The van der Waals surface area contributed by atoms with Crippen LogP contribution in [-0.4, -0.2) is 49.8 Å². The summed E-state index contributed by atoms with van der Waals surface area (Å²) in [6.07, 6.45) is 1.08. The van der Waals surface area contributed by atoms with E-state index in [0.29, 0.717) is 16.7 Å². The van der Waals surface area contributed by atoms with E-state index in [9.17, 15) is 24.0 Å². The lowest BCUT2D eigenvalue weighted by Crippen LogP contribution is -2.36. The van der Waals surface area contributed by atoms with Crippen molar-refractivity contribution in [2.45, 2.75) is 13.0 Å². The van der Waals surface area contributed by atoms with Gasteiger partial charge in [-0.2, -0.15) is 0 Å². The molecule has 0 spiro atoms. The van der Waals surface area contributed by atoms with Crippen LogP contribution in [0.1, 0.15) is 16.9 Å². The summed E-state index contributed by atoms with van der Waals surface area (Å²) in [5.74, 6) is -3.15. The van der Waals surface area contributed by atoms with Crippen molar-refractivity contribution in [1.82, 2.24) is 19.5 Å². The van der Waals surface area contributed by atoms with Crippen molar-refractivity contribution < 1.29 is 23.9 Å². The topological polar surface area (TPSA) is 194 Å². The Hall–Kier alpha value is -4.42. The molecule has 1 unspecified atom stereocenters. The first-order chi connectivity index (χ1) is 14.8. The van der Waals surface area contributed by atoms with E-state index in [1.807, 2.05) is 0 Å². The largest absolute Gasteiger partial charge is 0.456 e. The second-order valence-corrected chi connectivity index (χ2v) is 6.90. The number of benzene rings is 1. The first-order valence-electron chi connectivity index (χ1n) is 9.13. The van der Waals surface area contributed by atoms with Crippen LogP contribution in [0.25, 0.3) is 11.0 Å². The van der Waals surface area contributed by atoms with Gasteiger partial charge in [-0.3, -0.25) is 19.2 Å². The fraction of sp³-hybridized carbons (Fsp3) is 0.222. The molecule has 1 aliphatic rings. The Bertz CT molecular complexity index is 1270. The number of primary amides is 1. The maximum Gasteiger partial charge on any atom is 0.323 e. The molecule has 0 saturated heterocycles. The Balaban J connectivity index is 1.30. The maximum atomic E-state index is 12.2. The van der Waals surface area contributed by atoms with Gasteiger partial charge in [-0.1, -0.05) is 0 Å². The molecule has 3 heterocycles. The van der Waals surface area contributed by atoms with Crippen molar-refractivity contribution in [3.63, 3.8) is 0 Å². The number of hydrogen-bond donors (Lipinski definition) is 5. The summed E-state index contributed by atoms with van der Waals surface area (Å²) in [7, 11) is 0. The minimum absolute atomic E-state index is 0.0621. The molecule has 160 valence electrons. The number of imidazole rings is 2. The lowest BCUT2D eigenvalue weighted by atomic mass is 10.0. The summed E-state index contributed by atoms with van der Waals surface area (Å²) in [5.41, 5.74) is 6.28. The molecule has 0 bridgehead atoms. The number of nitrogens with zero attached hydrogens (tertiary/aromatic N) is 2. The van der Waals surface area contributed by atoms with Gasteiger partial charge in [-0.25, -0.2) is 9.78 Å². The zero-order valence-electron chi connectivity index (χ0n) is 15.9. The second-order valence-electron chi connectivity index (χ2n) is 6.90. The Morgan fingerprint density at radius 2 is 2.00 bits per heavy atom. The second kappa shape index (κ2) is 7.78. The number of H-pyrrole nitrogens is 2. The highest BCUT2D eigenvalue weighted by molar-refractivity contribution is 6.03. The van der Waals surface area contributed by atoms with Gasteiger partial charge in [0, 0.05) is 12.2 Å². The molecule has 13 heteroatoms. The number of nitrogens with one attached hydrogen (secondary N) is 4. The molecule has 3 amide bonds. The quantitative estimate of drug-likeness (QED) is 0.320. The molecule has 3 aromatic rings. The lowest BCUT2D eigenvalue weighted by molar-refractivity contribution is -0.149. The Morgan fingerprint density at radius 3 is 2.77 bits per heavy atom. The average Bonchev–Trinajstić information content (AvgIpc) is 3.28. The van der Waals surface area contributed by atoms with Gasteiger partial charge in [0.15, 0.2) is 12.3 Å². The van der Waals surface area contributed by atoms with Crippen LogP contribution in [0.3, 0.4) is 0 Å². The summed E-state index contributed by atoms with van der Waals surface area (Å²) >= 11 is 0. The number of anilines is 2. The van der Waals surface area contributed by atoms with Crippen LogP contribution in [0.4, 0.5) is 11.5 Å². The number of esters is 1. The predicted octanol–water partition coefficient (Wildman–Crippen LogP) is -0.708. The fourth-order valence-corrected chi connectivity index (χ4v) is 3.24. The van der Waals surface area contributed by atoms with E-state index in [2.05, 4.69) is 25.6 Å². The molecule has 4 rings (SSSR count). The van der Waals surface area contributed by atoms with Crippen LogP contribution in [0, 0.1) is 5.92 Å². The number of carbonyl (C=O) groups excluding carboxylic acids is 4. The van der Waals surface area contributed by atoms with Crippen molar-refractivity contribution >= 4 is 46.2 Å². The number of ether oxygens (including phenoxy) is 1. The smallest absolute Gasteiger partial charge is 0.323 e. The average molecular weight is 427 g/mol. The van der Waals surface area contributed by atoms with Gasteiger partial charge >= 0.3 is 11.7 Å². The van der Waals surface area contributed by atoms with Gasteiger partial charge in [0.2, 0.25) is 5.91 Å². The summed E-state index contributed by atoms with van der Waals surface area (Å²) < 4.78 is 6.46. The summed E-state index contributed by atoms with van der Waals surface area (Å²) in [5, 5.41) is 5.05. The molecule has 31 heavy (non-hydrogen) atoms. The van der Waals surface area contributed by atoms with Crippen LogP contribution in [-0.2, 0) is 25.7 Å². The molecule has 0 aliphatic carbocycles. The highest BCUT2D eigenvalue weighted by Gasteiger charge is 2.31. The molecular weight excluding hydrogens is 410 g/mol. The standard InChI is InChI=1S/C18H17N7O6/c19-15(28)14-16-24-17(29)8(5-25(16)7-20-14)3-13(27)31-6-12(26)21-9-1-2-10-11(4-9)23-18(30)22-10/h1-2,4,7-8H,3,5-6H2,(H2,19,28)(H,21,26)(H,24,29)(H2,22,23,30). The van der Waals surface area contributed by atoms with E-state index in [1.165, 1.54) is 10.9 Å². The van der Waals surface area contributed by atoms with Crippen molar-refractivity contribution in [2.24, 2.45) is 11.7 Å². The van der Waals surface area contributed by atoms with Gasteiger partial charge in [0.1, 0.15) is 5.82 Å². The summed E-state index contributed by atoms with van der Waals surface area (Å²) in [6.45, 7) is -0.436. The highest BCUT2D eigenvalue weighted by atomic mass is 16.5. The van der Waals surface area contributed by atoms with E-state index in [-0.39, 0.29) is 30.2 Å². The van der Waals surface area contributed by atoms with Crippen molar-refractivity contribution in [3.8, 4) is 0 Å². The molecule has 6 N–H and O–H groups in total. The predicted molar refractivity (Wildman–Crippen MR) is 106 cm³/mol. The van der Waals surface area contributed by atoms with E-state index in [1.54, 1.807) is 18.2 Å². The third-order valence-electron chi connectivity index (χ3n) is 4.68. The van der Waals surface area contributed by atoms with Gasteiger partial charge in [-0.05, 0) is 18.2 Å². The molecule has 13 nitrogen and oxygen atoms in total. The van der Waals surface area contributed by atoms with Gasteiger partial charge in [0.25, 0.3) is 11.8 Å². The molecule has 1 aliphatic heterocycles. The number of nitrogens with two attached hydrogens (primary N) is 1. The summed E-state index contributed by atoms with van der Waals surface area (Å²) in [6, 6.07) is 4.76. The lowest BCUT2D eigenvalue weighted by Gasteiger charge is -2.23. The SMILES string of the molecule is NC(=O)c1ncn2c1NC(=O)C(CC(=O)OCC(=O)Nc1ccc3[nH]c(=O)[nH]c3c1)C2. The Morgan fingerprint density at radius 1 is 1.23 bits per heavy atom. The maximum absolute atomic E-state index is 12.2. The Kier molecular flexibility index (Phi) is 4.99. The Labute approximate surface area is 173 Å². The number of rotatable bonds is 6. The zero-order chi connectivity index (χ0) is 22.1. The van der Waals surface area contributed by atoms with Gasteiger partial charge in [0.05, 0.1) is 29.7 Å². The summed E-state index contributed by atoms with van der Waals surface area (Å²) in [4.78, 5) is 68.0. The van der Waals surface area contributed by atoms with E-state index >= 15 is 0 Å². The van der Waals surface area contributed by atoms with Crippen molar-refractivity contribution in [3.05, 3.63) is 40.7 Å². The van der Waals surface area contributed by atoms with Crippen LogP contribution in [0.2, 0.25) is 0 Å². The third kappa shape index (κ3) is 4.14. The monoisotopic (exact) mass is 427 g/mol.